The second-order valence-electron chi connectivity index (χ2n) is 5.92. The molecule has 2 heterocycles. The predicted molar refractivity (Wildman–Crippen MR) is 96.7 cm³/mol. The maximum Gasteiger partial charge on any atom is 0.336 e. The number of rotatable bonds is 4. The van der Waals surface area contributed by atoms with Crippen molar-refractivity contribution in [2.24, 2.45) is 0 Å². The van der Waals surface area contributed by atoms with Crippen LogP contribution in [0.2, 0.25) is 0 Å². The van der Waals surface area contributed by atoms with Gasteiger partial charge in [-0.05, 0) is 42.8 Å². The zero-order valence-electron chi connectivity index (χ0n) is 13.9. The van der Waals surface area contributed by atoms with E-state index < -0.39 is 5.97 Å². The lowest BCUT2D eigenvalue weighted by Crippen LogP contribution is -2.23. The maximum atomic E-state index is 12.0. The van der Waals surface area contributed by atoms with Gasteiger partial charge in [0, 0.05) is 30.8 Å². The van der Waals surface area contributed by atoms with Crippen LogP contribution in [-0.4, -0.2) is 23.4 Å². The van der Waals surface area contributed by atoms with Crippen LogP contribution in [0.3, 0.4) is 0 Å². The van der Waals surface area contributed by atoms with Gasteiger partial charge in [0.1, 0.15) is 11.3 Å². The summed E-state index contributed by atoms with van der Waals surface area (Å²) in [5.74, 6) is 0.340. The van der Waals surface area contributed by atoms with Gasteiger partial charge in [-0.15, -0.1) is 0 Å². The molecule has 1 aliphatic heterocycles. The van der Waals surface area contributed by atoms with E-state index in [0.717, 1.165) is 24.2 Å². The van der Waals surface area contributed by atoms with E-state index in [2.05, 4.69) is 4.98 Å². The monoisotopic (exact) mass is 348 g/mol. The van der Waals surface area contributed by atoms with Gasteiger partial charge in [-0.2, -0.15) is 0 Å². The average Bonchev–Trinajstić information content (AvgIpc) is 3.26. The van der Waals surface area contributed by atoms with Crippen LogP contribution in [0.1, 0.15) is 18.7 Å². The Bertz CT molecular complexity index is 955. The fourth-order valence-corrected chi connectivity index (χ4v) is 2.87. The van der Waals surface area contributed by atoms with Crippen molar-refractivity contribution in [2.75, 3.05) is 11.4 Å². The summed E-state index contributed by atoms with van der Waals surface area (Å²) in [5.41, 5.74) is 2.20. The number of ether oxygens (including phenoxy) is 1. The van der Waals surface area contributed by atoms with E-state index in [1.807, 2.05) is 24.3 Å². The first-order valence-corrected chi connectivity index (χ1v) is 8.35. The lowest BCUT2D eigenvalue weighted by Gasteiger charge is -2.15. The van der Waals surface area contributed by atoms with Crippen molar-refractivity contribution >= 4 is 34.7 Å². The normalized spacial score (nSPS) is 14.5. The lowest BCUT2D eigenvalue weighted by molar-refractivity contribution is -0.129. The highest BCUT2D eigenvalue weighted by molar-refractivity contribution is 5.95. The van der Waals surface area contributed by atoms with Crippen LogP contribution in [0.15, 0.2) is 59.0 Å². The molecule has 0 bridgehead atoms. The standard InChI is InChI=1S/C20H16N2O4/c23-19-6-3-13-22(19)14-7-9-15(10-8-14)25-20(24)12-11-18-21-16-4-1-2-5-17(16)26-18/h1-2,4-5,7-12H,3,6,13H2/b12-11+. The summed E-state index contributed by atoms with van der Waals surface area (Å²) in [6, 6.07) is 14.3. The number of aromatic nitrogens is 1. The van der Waals surface area contributed by atoms with E-state index >= 15 is 0 Å². The highest BCUT2D eigenvalue weighted by Gasteiger charge is 2.21. The molecule has 0 unspecified atom stereocenters. The number of carbonyl (C=O) groups excluding carboxylic acids is 2. The van der Waals surface area contributed by atoms with Crippen LogP contribution in [0, 0.1) is 0 Å². The summed E-state index contributed by atoms with van der Waals surface area (Å²) in [5, 5.41) is 0. The van der Waals surface area contributed by atoms with Gasteiger partial charge in [0.15, 0.2) is 5.58 Å². The molecular formula is C20H16N2O4. The smallest absolute Gasteiger partial charge is 0.336 e. The van der Waals surface area contributed by atoms with Gasteiger partial charge >= 0.3 is 5.97 Å². The fourth-order valence-electron chi connectivity index (χ4n) is 2.87. The summed E-state index contributed by atoms with van der Waals surface area (Å²) >= 11 is 0. The number of esters is 1. The Kier molecular flexibility index (Phi) is 4.23. The molecule has 1 saturated heterocycles. The quantitative estimate of drug-likeness (QED) is 0.409. The van der Waals surface area contributed by atoms with Crippen molar-refractivity contribution < 1.29 is 18.7 Å². The Morgan fingerprint density at radius 1 is 1.15 bits per heavy atom. The van der Waals surface area contributed by atoms with Crippen molar-refractivity contribution in [3.05, 3.63) is 60.5 Å². The zero-order chi connectivity index (χ0) is 17.9. The number of benzene rings is 2. The number of nitrogens with zero attached hydrogens (tertiary/aromatic N) is 2. The average molecular weight is 348 g/mol. The van der Waals surface area contributed by atoms with Crippen molar-refractivity contribution in [2.45, 2.75) is 12.8 Å². The summed E-state index contributed by atoms with van der Waals surface area (Å²) in [7, 11) is 0. The number of fused-ring (bicyclic) bond motifs is 1. The minimum Gasteiger partial charge on any atom is -0.437 e. The third kappa shape index (κ3) is 3.35. The predicted octanol–water partition coefficient (Wildman–Crippen LogP) is 3.57. The Hall–Kier alpha value is -3.41. The minimum atomic E-state index is -0.530. The molecule has 130 valence electrons. The fraction of sp³-hybridized carbons (Fsp3) is 0.150. The molecule has 0 atom stereocenters. The highest BCUT2D eigenvalue weighted by Crippen LogP contribution is 2.24. The number of hydrogen-bond donors (Lipinski definition) is 0. The molecule has 2 aromatic carbocycles. The first-order valence-electron chi connectivity index (χ1n) is 8.35. The maximum absolute atomic E-state index is 12.0. The number of oxazole rings is 1. The van der Waals surface area contributed by atoms with Crippen molar-refractivity contribution in [3.63, 3.8) is 0 Å². The Labute approximate surface area is 149 Å². The van der Waals surface area contributed by atoms with Gasteiger partial charge < -0.3 is 14.1 Å². The van der Waals surface area contributed by atoms with Gasteiger partial charge in [-0.1, -0.05) is 12.1 Å². The van der Waals surface area contributed by atoms with Gasteiger partial charge in [0.05, 0.1) is 0 Å². The SMILES string of the molecule is O=C(/C=C/c1nc2ccccc2o1)Oc1ccc(N2CCCC2=O)cc1. The highest BCUT2D eigenvalue weighted by atomic mass is 16.5. The lowest BCUT2D eigenvalue weighted by atomic mass is 10.3. The minimum absolute atomic E-state index is 0.121. The summed E-state index contributed by atoms with van der Waals surface area (Å²) < 4.78 is 10.8. The Morgan fingerprint density at radius 2 is 1.96 bits per heavy atom. The van der Waals surface area contributed by atoms with Crippen molar-refractivity contribution in [1.82, 2.24) is 4.98 Å². The molecular weight excluding hydrogens is 332 g/mol. The van der Waals surface area contributed by atoms with Gasteiger partial charge in [0.2, 0.25) is 11.8 Å². The second-order valence-corrected chi connectivity index (χ2v) is 5.92. The molecule has 1 aromatic heterocycles. The van der Waals surface area contributed by atoms with E-state index in [0.29, 0.717) is 23.6 Å². The van der Waals surface area contributed by atoms with Crippen LogP contribution in [-0.2, 0) is 9.59 Å². The van der Waals surface area contributed by atoms with Crippen molar-refractivity contribution in [3.8, 4) is 5.75 Å². The number of hydrogen-bond acceptors (Lipinski definition) is 5. The Balaban J connectivity index is 1.40. The van der Waals surface area contributed by atoms with Crippen LogP contribution >= 0.6 is 0 Å². The van der Waals surface area contributed by atoms with Crippen LogP contribution < -0.4 is 9.64 Å². The van der Waals surface area contributed by atoms with E-state index in [-0.39, 0.29) is 5.91 Å². The summed E-state index contributed by atoms with van der Waals surface area (Å²) in [6.45, 7) is 0.727. The summed E-state index contributed by atoms with van der Waals surface area (Å²) in [6.07, 6.45) is 4.19. The number of anilines is 1. The van der Waals surface area contributed by atoms with E-state index in [4.69, 9.17) is 9.15 Å². The molecule has 1 fully saturated rings. The van der Waals surface area contributed by atoms with E-state index in [9.17, 15) is 9.59 Å². The molecule has 0 saturated carbocycles. The summed E-state index contributed by atoms with van der Waals surface area (Å²) in [4.78, 5) is 29.7. The topological polar surface area (TPSA) is 72.6 Å². The third-order valence-electron chi connectivity index (χ3n) is 4.11. The number of amides is 1. The van der Waals surface area contributed by atoms with Crippen LogP contribution in [0.25, 0.3) is 17.2 Å². The number of para-hydroxylation sites is 2. The molecule has 6 heteroatoms. The molecule has 1 amide bonds. The van der Waals surface area contributed by atoms with Crippen molar-refractivity contribution in [1.29, 1.82) is 0 Å². The van der Waals surface area contributed by atoms with Crippen LogP contribution in [0.4, 0.5) is 5.69 Å². The molecule has 3 aromatic rings. The third-order valence-corrected chi connectivity index (χ3v) is 4.11. The molecule has 26 heavy (non-hydrogen) atoms. The molecule has 0 N–H and O–H groups in total. The molecule has 4 rings (SSSR count). The molecule has 0 radical (unpaired) electrons. The van der Waals surface area contributed by atoms with Gasteiger partial charge in [0.25, 0.3) is 0 Å². The first kappa shape index (κ1) is 16.1. The van der Waals surface area contributed by atoms with E-state index in [1.54, 1.807) is 29.2 Å². The molecule has 0 aliphatic carbocycles. The first-order chi connectivity index (χ1) is 12.7. The van der Waals surface area contributed by atoms with Gasteiger partial charge in [-0.3, -0.25) is 4.79 Å². The largest absolute Gasteiger partial charge is 0.437 e. The van der Waals surface area contributed by atoms with Gasteiger partial charge in [-0.25, -0.2) is 9.78 Å². The Morgan fingerprint density at radius 3 is 2.69 bits per heavy atom. The molecule has 1 aliphatic rings. The zero-order valence-corrected chi connectivity index (χ0v) is 13.9. The number of carbonyl (C=O) groups is 2. The van der Waals surface area contributed by atoms with Crippen LogP contribution in [0.5, 0.6) is 5.75 Å². The second kappa shape index (κ2) is 6.84. The molecule has 0 spiro atoms. The van der Waals surface area contributed by atoms with E-state index in [1.165, 1.54) is 12.2 Å². The molecule has 6 nitrogen and oxygen atoms in total.